The van der Waals surface area contributed by atoms with Crippen LogP contribution in [0.2, 0.25) is 0 Å². The number of fused-ring (bicyclic) bond motifs is 1. The number of nitrogens with one attached hydrogen (secondary N) is 19. The zero-order valence-corrected chi connectivity index (χ0v) is 78.8. The standard InChI is InChI=1S/C86H142N20O25/c1-37(2)29-55(74(118)93-46(18)71(115)94-48(20)86(130)131)95-72(116)47(19)91-70(114)45(17)92-75(119)56(30-38(3)4)96-80(124)64(41(9)10)100-61(111)35-89-60(110)34-90-79(123)63(40(7)8)102-76(120)57(31-39(5)6)97-81(125)65(42(11)12)103-77(121)58(32-51-33-88-54-26-24-23-25-52(51)54)98-84(128)68(49(21)108)105-78(122)59(36-107)99-85(129)69(50(22)109)106-83(127)67(44(15)16)104-82(126)66(43(13)14)101-73(117)53(87)27-28-62(112)113/h23-26,33,37-50,53,55-59,63-69,88,107-109H,27-32,34-36,87H2,1-22H3,(H,89,110)(H,90,123)(H,91,114)(H,92,119)(H,93,118)(H,94,115)(H,95,116)(H,96,124)(H,97,125)(H,98,128)(H,99,129)(H,100,111)(H,101,117)(H,102,120)(H,103,121)(H,104,126)(H,105,122)(H,106,127)(H,112,113)(H,130,131)/t45-,46-,47-,48-,49+,50+,53-,55-,56-,57-,58-,59-,63-,64-,65-,66-,67-,68-,69-/m0/s1. The summed E-state index contributed by atoms with van der Waals surface area (Å²) in [6.45, 7) is 31.0. The molecule has 0 saturated carbocycles. The highest BCUT2D eigenvalue weighted by molar-refractivity contribution is 6.02. The van der Waals surface area contributed by atoms with Crippen LogP contribution < -0.4 is 101 Å². The number of rotatable bonds is 56. The van der Waals surface area contributed by atoms with Crippen LogP contribution >= 0.6 is 0 Å². The Bertz CT molecular complexity index is 4280. The molecule has 0 aliphatic heterocycles. The van der Waals surface area contributed by atoms with Gasteiger partial charge >= 0.3 is 11.9 Å². The molecule has 0 radical (unpaired) electrons. The molecule has 1 aromatic carbocycles. The highest BCUT2D eigenvalue weighted by atomic mass is 16.4. The van der Waals surface area contributed by atoms with E-state index >= 15 is 0 Å². The summed E-state index contributed by atoms with van der Waals surface area (Å²) in [5, 5.41) is 95.7. The lowest BCUT2D eigenvalue weighted by Crippen LogP contribution is -2.64. The third kappa shape index (κ3) is 39.3. The minimum Gasteiger partial charge on any atom is -0.481 e. The van der Waals surface area contributed by atoms with Crippen LogP contribution in [0.1, 0.15) is 190 Å². The van der Waals surface area contributed by atoms with Gasteiger partial charge in [-0.15, -0.1) is 0 Å². The Morgan fingerprint density at radius 1 is 0.328 bits per heavy atom. The number of para-hydroxylation sites is 1. The molecule has 0 fully saturated rings. The fourth-order valence-corrected chi connectivity index (χ4v) is 13.1. The van der Waals surface area contributed by atoms with Crippen molar-refractivity contribution in [3.05, 3.63) is 36.0 Å². The second-order valence-electron chi connectivity index (χ2n) is 35.9. The van der Waals surface area contributed by atoms with Gasteiger partial charge in [-0.05, 0) is 126 Å². The molecule has 2 aromatic rings. The van der Waals surface area contributed by atoms with E-state index in [4.69, 9.17) is 15.9 Å². The van der Waals surface area contributed by atoms with Gasteiger partial charge in [-0.25, -0.2) is 0 Å². The summed E-state index contributed by atoms with van der Waals surface area (Å²) in [5.74, 6) is -23.2. The van der Waals surface area contributed by atoms with E-state index in [-0.39, 0.29) is 49.9 Å². The number of nitrogens with two attached hydrogens (primary N) is 1. The second kappa shape index (κ2) is 55.2. The molecule has 1 aromatic heterocycles. The van der Waals surface area contributed by atoms with Gasteiger partial charge < -0.3 is 132 Å². The SMILES string of the molecule is CC(C)C[C@H](NC(=O)[C@H](C)NC(=O)[C@H](C)NC(=O)[C@H](CC(C)C)NC(=O)[C@@H](NC(=O)CNC(=O)CNC(=O)[C@@H](NC(=O)[C@H](CC(C)C)NC(=O)[C@@H](NC(=O)[C@H](Cc1c[nH]c2ccccc12)NC(=O)[C@@H](NC(=O)[C@H](CO)NC(=O)[C@@H](NC(=O)[C@@H](NC(=O)[C@@H](NC(=O)[C@@H](N)CCC(=O)O)C(C)C)C(C)C)[C@@H](C)O)[C@@H](C)O)C(C)C)C(C)C)C(C)C)C(=O)N[C@@H](C)C(=O)N[C@@H](C)C(=O)O. The topological polar surface area (TPSA) is 701 Å². The summed E-state index contributed by atoms with van der Waals surface area (Å²) >= 11 is 0. The number of hydrogen-bond donors (Lipinski definition) is 25. The Balaban J connectivity index is 2.28. The van der Waals surface area contributed by atoms with Gasteiger partial charge in [-0.2, -0.15) is 0 Å². The van der Waals surface area contributed by atoms with Crippen molar-refractivity contribution in [2.75, 3.05) is 19.7 Å². The molecule has 0 saturated heterocycles. The number of carbonyl (C=O) groups excluding carboxylic acids is 18. The van der Waals surface area contributed by atoms with Gasteiger partial charge in [-0.1, -0.05) is 129 Å². The van der Waals surface area contributed by atoms with Crippen LogP contribution in [0.5, 0.6) is 0 Å². The maximum Gasteiger partial charge on any atom is 0.325 e. The number of aliphatic hydroxyl groups excluding tert-OH is 3. The largest absolute Gasteiger partial charge is 0.481 e. The van der Waals surface area contributed by atoms with Crippen molar-refractivity contribution >= 4 is 129 Å². The highest BCUT2D eigenvalue weighted by Crippen LogP contribution is 2.21. The number of carboxylic acid groups (broad SMARTS) is 2. The van der Waals surface area contributed by atoms with Crippen molar-refractivity contribution in [1.29, 1.82) is 0 Å². The van der Waals surface area contributed by atoms with E-state index in [0.29, 0.717) is 16.5 Å². The first-order chi connectivity index (χ1) is 60.8. The van der Waals surface area contributed by atoms with Crippen molar-refractivity contribution in [3.8, 4) is 0 Å². The van der Waals surface area contributed by atoms with Gasteiger partial charge in [-0.3, -0.25) is 95.9 Å². The van der Waals surface area contributed by atoms with E-state index in [1.165, 1.54) is 41.5 Å². The lowest BCUT2D eigenvalue weighted by Gasteiger charge is -2.30. The van der Waals surface area contributed by atoms with Crippen LogP contribution in [0.25, 0.3) is 10.9 Å². The molecule has 736 valence electrons. The number of hydrogen-bond acceptors (Lipinski definition) is 24. The average Bonchev–Trinajstić information content (AvgIpc) is 1.63. The normalized spacial score (nSPS) is 15.9. The van der Waals surface area contributed by atoms with E-state index in [1.54, 1.807) is 127 Å². The van der Waals surface area contributed by atoms with Crippen molar-refractivity contribution in [2.24, 2.45) is 53.1 Å². The molecule has 0 aliphatic carbocycles. The van der Waals surface area contributed by atoms with Gasteiger partial charge in [0.05, 0.1) is 37.9 Å². The molecule has 45 heteroatoms. The van der Waals surface area contributed by atoms with Gasteiger partial charge in [0.25, 0.3) is 0 Å². The maximum atomic E-state index is 14.8. The Morgan fingerprint density at radius 2 is 0.634 bits per heavy atom. The number of carbonyl (C=O) groups is 20. The second-order valence-corrected chi connectivity index (χ2v) is 35.9. The zero-order chi connectivity index (χ0) is 100. The smallest absolute Gasteiger partial charge is 0.325 e. The van der Waals surface area contributed by atoms with Crippen molar-refractivity contribution in [3.63, 3.8) is 0 Å². The van der Waals surface area contributed by atoms with Crippen LogP contribution in [0.15, 0.2) is 30.5 Å². The summed E-state index contributed by atoms with van der Waals surface area (Å²) in [4.78, 5) is 273. The number of aromatic amines is 1. The molecule has 0 aliphatic rings. The average molecular weight is 1860 g/mol. The fraction of sp³-hybridized carbons (Fsp3) is 0.674. The molecular weight excluding hydrogens is 1710 g/mol. The third-order valence-electron chi connectivity index (χ3n) is 20.8. The Hall–Kier alpha value is -12.0. The number of aromatic nitrogens is 1. The number of aliphatic carboxylic acids is 2. The first-order valence-electron chi connectivity index (χ1n) is 44.0. The number of benzene rings is 1. The van der Waals surface area contributed by atoms with E-state index in [9.17, 15) is 111 Å². The molecule has 45 nitrogen and oxygen atoms in total. The molecule has 0 unspecified atom stereocenters. The van der Waals surface area contributed by atoms with Crippen LogP contribution in [0.3, 0.4) is 0 Å². The van der Waals surface area contributed by atoms with Crippen LogP contribution in [-0.2, 0) is 102 Å². The first-order valence-corrected chi connectivity index (χ1v) is 44.0. The molecule has 2 rings (SSSR count). The van der Waals surface area contributed by atoms with E-state index < -0.39 is 289 Å². The molecule has 1 heterocycles. The van der Waals surface area contributed by atoms with E-state index in [1.807, 2.05) is 0 Å². The number of H-pyrrole nitrogens is 1. The quantitative estimate of drug-likeness (QED) is 0.0296. The van der Waals surface area contributed by atoms with Gasteiger partial charge in [0.2, 0.25) is 106 Å². The molecule has 131 heavy (non-hydrogen) atoms. The Morgan fingerprint density at radius 3 is 1.04 bits per heavy atom. The van der Waals surface area contributed by atoms with Gasteiger partial charge in [0.1, 0.15) is 96.7 Å². The molecule has 19 atom stereocenters. The fourth-order valence-electron chi connectivity index (χ4n) is 13.1. The summed E-state index contributed by atoms with van der Waals surface area (Å²) in [6.07, 6.45) is -2.81. The monoisotopic (exact) mass is 1860 g/mol. The third-order valence-corrected chi connectivity index (χ3v) is 20.8. The van der Waals surface area contributed by atoms with Crippen molar-refractivity contribution in [1.82, 2.24) is 101 Å². The first kappa shape index (κ1) is 115. The predicted molar refractivity (Wildman–Crippen MR) is 477 cm³/mol. The highest BCUT2D eigenvalue weighted by Gasteiger charge is 2.41. The number of amides is 18. The molecule has 0 spiro atoms. The predicted octanol–water partition coefficient (Wildman–Crippen LogP) is -4.77. The molecule has 0 bridgehead atoms. The van der Waals surface area contributed by atoms with Crippen LogP contribution in [-0.4, -0.2) is 283 Å². The lowest BCUT2D eigenvalue weighted by atomic mass is 9.97. The van der Waals surface area contributed by atoms with Gasteiger partial charge in [0.15, 0.2) is 0 Å². The van der Waals surface area contributed by atoms with Crippen LogP contribution in [0.4, 0.5) is 0 Å². The van der Waals surface area contributed by atoms with E-state index in [0.717, 1.165) is 13.8 Å². The minimum absolute atomic E-state index is 0.0312. The Labute approximate surface area is 762 Å². The molecule has 18 amide bonds. The number of aliphatic hydroxyl groups is 3. The molecule has 26 N–H and O–H groups in total. The van der Waals surface area contributed by atoms with Crippen molar-refractivity contribution in [2.45, 2.75) is 306 Å². The number of carboxylic acids is 2. The summed E-state index contributed by atoms with van der Waals surface area (Å²) in [7, 11) is 0. The van der Waals surface area contributed by atoms with Crippen LogP contribution in [0, 0.1) is 47.3 Å². The lowest BCUT2D eigenvalue weighted by molar-refractivity contribution is -0.141. The van der Waals surface area contributed by atoms with Crippen molar-refractivity contribution < 1.29 is 121 Å². The molecular formula is C86H142N20O25. The Kier molecular flexibility index (Phi) is 48.5. The summed E-state index contributed by atoms with van der Waals surface area (Å²) in [6, 6.07) is -17.6. The summed E-state index contributed by atoms with van der Waals surface area (Å²) in [5.41, 5.74) is 6.94. The maximum absolute atomic E-state index is 14.8. The van der Waals surface area contributed by atoms with E-state index in [2.05, 4.69) is 101 Å². The minimum atomic E-state index is -1.97. The zero-order valence-electron chi connectivity index (χ0n) is 78.8. The van der Waals surface area contributed by atoms with Gasteiger partial charge in [0, 0.05) is 29.9 Å². The summed E-state index contributed by atoms with van der Waals surface area (Å²) < 4.78 is 0.